The van der Waals surface area contributed by atoms with Crippen molar-refractivity contribution in [3.8, 4) is 23.0 Å². The molecule has 0 aliphatic carbocycles. The van der Waals surface area contributed by atoms with E-state index in [0.717, 1.165) is 35.1 Å². The van der Waals surface area contributed by atoms with E-state index in [1.807, 2.05) is 43.1 Å². The zero-order valence-electron chi connectivity index (χ0n) is 17.6. The number of guanidine groups is 1. The molecule has 8 heteroatoms. The van der Waals surface area contributed by atoms with E-state index < -0.39 is 0 Å². The Morgan fingerprint density at radius 3 is 2.34 bits per heavy atom. The molecule has 0 bridgehead atoms. The fourth-order valence-electron chi connectivity index (χ4n) is 2.78. The molecule has 2 aromatic rings. The number of phenolic OH excluding ortho intramolecular Hbond substituents is 1. The van der Waals surface area contributed by atoms with Gasteiger partial charge in [0.15, 0.2) is 17.5 Å². The van der Waals surface area contributed by atoms with Crippen molar-refractivity contribution >= 4 is 29.9 Å². The van der Waals surface area contributed by atoms with Crippen LogP contribution in [0.4, 0.5) is 0 Å². The molecular formula is C21H30IN3O4. The summed E-state index contributed by atoms with van der Waals surface area (Å²) < 4.78 is 15.8. The maximum atomic E-state index is 9.94. The van der Waals surface area contributed by atoms with Crippen molar-refractivity contribution in [3.05, 3.63) is 47.5 Å². The van der Waals surface area contributed by atoms with Gasteiger partial charge in [0, 0.05) is 31.8 Å². The maximum absolute atomic E-state index is 9.94. The number of aromatic hydroxyl groups is 1. The number of ether oxygens (including phenoxy) is 3. The van der Waals surface area contributed by atoms with E-state index in [1.54, 1.807) is 26.4 Å². The second-order valence-electron chi connectivity index (χ2n) is 6.21. The number of phenols is 1. The van der Waals surface area contributed by atoms with Crippen LogP contribution in [0.2, 0.25) is 0 Å². The summed E-state index contributed by atoms with van der Waals surface area (Å²) in [4.78, 5) is 6.70. The van der Waals surface area contributed by atoms with Crippen LogP contribution in [0.15, 0.2) is 41.4 Å². The monoisotopic (exact) mass is 515 g/mol. The Hall–Kier alpha value is -2.36. The van der Waals surface area contributed by atoms with E-state index in [-0.39, 0.29) is 29.7 Å². The third kappa shape index (κ3) is 6.88. The second kappa shape index (κ2) is 12.3. The van der Waals surface area contributed by atoms with Gasteiger partial charge in [0.1, 0.15) is 11.5 Å². The van der Waals surface area contributed by atoms with Crippen LogP contribution in [0.5, 0.6) is 23.0 Å². The van der Waals surface area contributed by atoms with E-state index in [2.05, 4.69) is 10.3 Å². The van der Waals surface area contributed by atoms with Crippen molar-refractivity contribution < 1.29 is 19.3 Å². The highest BCUT2D eigenvalue weighted by Gasteiger charge is 2.11. The van der Waals surface area contributed by atoms with E-state index in [4.69, 9.17) is 14.2 Å². The zero-order valence-corrected chi connectivity index (χ0v) is 19.9. The first-order chi connectivity index (χ1) is 13.5. The minimum absolute atomic E-state index is 0. The topological polar surface area (TPSA) is 75.6 Å². The number of aliphatic imine (C=N–C) groups is 1. The molecule has 0 amide bonds. The van der Waals surface area contributed by atoms with Gasteiger partial charge in [0.2, 0.25) is 0 Å². The average molecular weight is 515 g/mol. The molecule has 0 atom stereocenters. The Balaban J connectivity index is 0.00000420. The first-order valence-corrected chi connectivity index (χ1v) is 9.08. The van der Waals surface area contributed by atoms with Gasteiger partial charge >= 0.3 is 0 Å². The molecule has 2 rings (SSSR count). The highest BCUT2D eigenvalue weighted by Crippen LogP contribution is 2.27. The van der Waals surface area contributed by atoms with E-state index in [1.165, 1.54) is 7.11 Å². The van der Waals surface area contributed by atoms with Gasteiger partial charge in [-0.25, -0.2) is 4.99 Å². The van der Waals surface area contributed by atoms with Gasteiger partial charge in [-0.2, -0.15) is 0 Å². The van der Waals surface area contributed by atoms with Crippen molar-refractivity contribution in [1.29, 1.82) is 0 Å². The predicted octanol–water partition coefficient (Wildman–Crippen LogP) is 3.63. The molecule has 0 saturated heterocycles. The fraction of sp³-hybridized carbons (Fsp3) is 0.381. The van der Waals surface area contributed by atoms with Crippen LogP contribution >= 0.6 is 24.0 Å². The zero-order chi connectivity index (χ0) is 20.5. The van der Waals surface area contributed by atoms with Crippen LogP contribution in [-0.2, 0) is 13.1 Å². The molecule has 0 aliphatic rings. The maximum Gasteiger partial charge on any atom is 0.194 e. The molecule has 2 aromatic carbocycles. The van der Waals surface area contributed by atoms with Crippen molar-refractivity contribution in [3.63, 3.8) is 0 Å². The number of nitrogens with one attached hydrogen (secondary N) is 1. The molecule has 0 heterocycles. The summed E-state index contributed by atoms with van der Waals surface area (Å²) in [7, 11) is 6.77. The molecule has 0 radical (unpaired) electrons. The highest BCUT2D eigenvalue weighted by atomic mass is 127. The van der Waals surface area contributed by atoms with E-state index in [9.17, 15) is 5.11 Å². The third-order valence-electron chi connectivity index (χ3n) is 4.25. The van der Waals surface area contributed by atoms with Gasteiger partial charge in [0.25, 0.3) is 0 Å². The SMILES string of the molecule is CCNC(=NCc1ccc(OC)c(O)c1)N(C)Cc1ccc(OC)cc1OC.I. The normalized spacial score (nSPS) is 10.7. The molecule has 0 unspecified atom stereocenters. The summed E-state index contributed by atoms with van der Waals surface area (Å²) in [6.07, 6.45) is 0. The Kier molecular flexibility index (Phi) is 10.4. The van der Waals surface area contributed by atoms with Gasteiger partial charge in [-0.15, -0.1) is 24.0 Å². The Morgan fingerprint density at radius 2 is 1.76 bits per heavy atom. The Labute approximate surface area is 189 Å². The van der Waals surface area contributed by atoms with Crippen LogP contribution in [0.3, 0.4) is 0 Å². The standard InChI is InChI=1S/C21H29N3O4.HI/c1-6-22-21(23-13-15-7-10-19(27-4)18(25)11-15)24(2)14-16-8-9-17(26-3)12-20(16)28-5;/h7-12,25H,6,13-14H2,1-5H3,(H,22,23);1H. The quantitative estimate of drug-likeness (QED) is 0.318. The number of benzene rings is 2. The van der Waals surface area contributed by atoms with Crippen LogP contribution in [0.1, 0.15) is 18.1 Å². The molecule has 29 heavy (non-hydrogen) atoms. The number of methoxy groups -OCH3 is 3. The summed E-state index contributed by atoms with van der Waals surface area (Å²) >= 11 is 0. The number of nitrogens with zero attached hydrogens (tertiary/aromatic N) is 2. The van der Waals surface area contributed by atoms with Crippen molar-refractivity contribution in [1.82, 2.24) is 10.2 Å². The van der Waals surface area contributed by atoms with Crippen LogP contribution < -0.4 is 19.5 Å². The lowest BCUT2D eigenvalue weighted by Gasteiger charge is -2.23. The first-order valence-electron chi connectivity index (χ1n) is 9.08. The number of halogens is 1. The lowest BCUT2D eigenvalue weighted by molar-refractivity contribution is 0.373. The van der Waals surface area contributed by atoms with Crippen molar-refractivity contribution in [2.24, 2.45) is 4.99 Å². The molecule has 7 nitrogen and oxygen atoms in total. The largest absolute Gasteiger partial charge is 0.504 e. The lowest BCUT2D eigenvalue weighted by Crippen LogP contribution is -2.38. The van der Waals surface area contributed by atoms with Crippen LogP contribution in [0.25, 0.3) is 0 Å². The number of rotatable bonds is 8. The highest BCUT2D eigenvalue weighted by molar-refractivity contribution is 14.0. The second-order valence-corrected chi connectivity index (χ2v) is 6.21. The Bertz CT molecular complexity index is 815. The molecule has 0 aromatic heterocycles. The van der Waals surface area contributed by atoms with Gasteiger partial charge in [-0.1, -0.05) is 6.07 Å². The lowest BCUT2D eigenvalue weighted by atomic mass is 10.2. The van der Waals surface area contributed by atoms with Crippen molar-refractivity contribution in [2.75, 3.05) is 34.9 Å². The fourth-order valence-corrected chi connectivity index (χ4v) is 2.78. The molecule has 2 N–H and O–H groups in total. The van der Waals surface area contributed by atoms with E-state index in [0.29, 0.717) is 18.8 Å². The third-order valence-corrected chi connectivity index (χ3v) is 4.25. The predicted molar refractivity (Wildman–Crippen MR) is 126 cm³/mol. The summed E-state index contributed by atoms with van der Waals surface area (Å²) in [6.45, 7) is 3.82. The summed E-state index contributed by atoms with van der Waals surface area (Å²) in [5.41, 5.74) is 1.92. The molecule has 0 aliphatic heterocycles. The minimum Gasteiger partial charge on any atom is -0.504 e. The molecule has 0 fully saturated rings. The van der Waals surface area contributed by atoms with Crippen LogP contribution in [0, 0.1) is 0 Å². The Morgan fingerprint density at radius 1 is 1.03 bits per heavy atom. The molecule has 160 valence electrons. The summed E-state index contributed by atoms with van der Waals surface area (Å²) in [5.74, 6) is 2.83. The van der Waals surface area contributed by atoms with E-state index >= 15 is 0 Å². The van der Waals surface area contributed by atoms with Gasteiger partial charge in [0.05, 0.1) is 27.9 Å². The number of hydrogen-bond acceptors (Lipinski definition) is 5. The number of hydrogen-bond donors (Lipinski definition) is 2. The first kappa shape index (κ1) is 24.7. The summed E-state index contributed by atoms with van der Waals surface area (Å²) in [6, 6.07) is 11.1. The van der Waals surface area contributed by atoms with Crippen LogP contribution in [-0.4, -0.2) is 50.9 Å². The van der Waals surface area contributed by atoms with Gasteiger partial charge < -0.3 is 29.5 Å². The summed E-state index contributed by atoms with van der Waals surface area (Å²) in [5, 5.41) is 13.2. The average Bonchev–Trinajstić information content (AvgIpc) is 2.71. The van der Waals surface area contributed by atoms with Gasteiger partial charge in [-0.3, -0.25) is 0 Å². The van der Waals surface area contributed by atoms with Gasteiger partial charge in [-0.05, 0) is 36.8 Å². The minimum atomic E-state index is 0. The molecular weight excluding hydrogens is 485 g/mol. The molecule has 0 spiro atoms. The van der Waals surface area contributed by atoms with Crippen molar-refractivity contribution in [2.45, 2.75) is 20.0 Å². The molecule has 0 saturated carbocycles. The smallest absolute Gasteiger partial charge is 0.194 e.